The molecule has 0 radical (unpaired) electrons. The third kappa shape index (κ3) is 2.72. The van der Waals surface area contributed by atoms with Crippen molar-refractivity contribution in [3.05, 3.63) is 97.5 Å². The van der Waals surface area contributed by atoms with E-state index in [0.717, 1.165) is 38.5 Å². The maximum atomic E-state index is 12.9. The van der Waals surface area contributed by atoms with Gasteiger partial charge in [0, 0.05) is 29.4 Å². The quantitative estimate of drug-likeness (QED) is 0.422. The molecule has 0 bridgehead atoms. The molecule has 2 heterocycles. The molecule has 1 N–H and O–H groups in total. The number of anilines is 1. The lowest BCUT2D eigenvalue weighted by Gasteiger charge is -2.13. The van der Waals surface area contributed by atoms with Gasteiger partial charge in [-0.15, -0.1) is 0 Å². The van der Waals surface area contributed by atoms with Gasteiger partial charge in [-0.25, -0.2) is 4.79 Å². The van der Waals surface area contributed by atoms with Gasteiger partial charge in [0.15, 0.2) is 0 Å². The van der Waals surface area contributed by atoms with Crippen LogP contribution in [0.1, 0.15) is 0 Å². The lowest BCUT2D eigenvalue weighted by molar-refractivity contribution is 0.254. The fourth-order valence-corrected chi connectivity index (χ4v) is 3.63. The fourth-order valence-electron chi connectivity index (χ4n) is 3.63. The average Bonchev–Trinajstić information content (AvgIpc) is 3.19. The zero-order valence-corrected chi connectivity index (χ0v) is 15.0. The molecule has 5 aromatic rings. The Bertz CT molecular complexity index is 1310. The summed E-state index contributed by atoms with van der Waals surface area (Å²) in [6, 6.07) is 25.7. The molecule has 134 valence electrons. The molecule has 2 aromatic heterocycles. The van der Waals surface area contributed by atoms with E-state index in [0.29, 0.717) is 0 Å². The minimum atomic E-state index is -0.178. The first-order chi connectivity index (χ1) is 13.8. The summed E-state index contributed by atoms with van der Waals surface area (Å²) in [4.78, 5) is 17.0. The first-order valence-electron chi connectivity index (χ1n) is 9.11. The summed E-state index contributed by atoms with van der Waals surface area (Å²) < 4.78 is 1.64. The SMILES string of the molecule is O=C(Nc1ccc(-c2ccncc2)c2ccccc12)n1ccc2ccccc21. The van der Waals surface area contributed by atoms with E-state index in [9.17, 15) is 4.79 Å². The Balaban J connectivity index is 1.58. The molecule has 0 aliphatic heterocycles. The van der Waals surface area contributed by atoms with Gasteiger partial charge in [-0.05, 0) is 46.8 Å². The van der Waals surface area contributed by atoms with Crippen LogP contribution in [0.3, 0.4) is 0 Å². The van der Waals surface area contributed by atoms with E-state index in [4.69, 9.17) is 0 Å². The van der Waals surface area contributed by atoms with Crippen molar-refractivity contribution in [3.8, 4) is 11.1 Å². The monoisotopic (exact) mass is 363 g/mol. The summed E-state index contributed by atoms with van der Waals surface area (Å²) in [6.45, 7) is 0. The van der Waals surface area contributed by atoms with Gasteiger partial charge in [-0.2, -0.15) is 0 Å². The van der Waals surface area contributed by atoms with E-state index in [-0.39, 0.29) is 6.03 Å². The maximum Gasteiger partial charge on any atom is 0.330 e. The van der Waals surface area contributed by atoms with Crippen molar-refractivity contribution in [2.75, 3.05) is 5.32 Å². The van der Waals surface area contributed by atoms with Crippen molar-refractivity contribution in [1.82, 2.24) is 9.55 Å². The number of pyridine rings is 1. The Kier molecular flexibility index (Phi) is 3.87. The molecule has 1 amide bonds. The number of carbonyl (C=O) groups excluding carboxylic acids is 1. The predicted molar refractivity (Wildman–Crippen MR) is 114 cm³/mol. The maximum absolute atomic E-state index is 12.9. The minimum absolute atomic E-state index is 0.178. The van der Waals surface area contributed by atoms with Crippen LogP contribution in [0.2, 0.25) is 0 Å². The molecule has 0 spiro atoms. The fraction of sp³-hybridized carbons (Fsp3) is 0. The zero-order valence-electron chi connectivity index (χ0n) is 15.0. The average molecular weight is 363 g/mol. The topological polar surface area (TPSA) is 46.9 Å². The lowest BCUT2D eigenvalue weighted by Crippen LogP contribution is -2.18. The summed E-state index contributed by atoms with van der Waals surface area (Å²) in [6.07, 6.45) is 5.38. The molecule has 0 saturated carbocycles. The number of para-hydroxylation sites is 1. The van der Waals surface area contributed by atoms with Crippen LogP contribution < -0.4 is 5.32 Å². The molecule has 0 saturated heterocycles. The normalized spacial score (nSPS) is 11.0. The van der Waals surface area contributed by atoms with Crippen molar-refractivity contribution in [1.29, 1.82) is 0 Å². The van der Waals surface area contributed by atoms with Crippen molar-refractivity contribution in [3.63, 3.8) is 0 Å². The number of rotatable bonds is 2. The van der Waals surface area contributed by atoms with E-state index >= 15 is 0 Å². The second kappa shape index (κ2) is 6.67. The highest BCUT2D eigenvalue weighted by molar-refractivity contribution is 6.08. The minimum Gasteiger partial charge on any atom is -0.307 e. The van der Waals surface area contributed by atoms with Gasteiger partial charge >= 0.3 is 6.03 Å². The smallest absolute Gasteiger partial charge is 0.307 e. The summed E-state index contributed by atoms with van der Waals surface area (Å²) >= 11 is 0. The van der Waals surface area contributed by atoms with Gasteiger partial charge in [-0.1, -0.05) is 48.5 Å². The van der Waals surface area contributed by atoms with Gasteiger partial charge < -0.3 is 5.32 Å². The number of nitrogens with one attached hydrogen (secondary N) is 1. The number of benzene rings is 3. The number of fused-ring (bicyclic) bond motifs is 2. The second-order valence-corrected chi connectivity index (χ2v) is 6.62. The van der Waals surface area contributed by atoms with Crippen LogP contribution in [0, 0.1) is 0 Å². The highest BCUT2D eigenvalue weighted by Crippen LogP contribution is 2.33. The number of hydrogen-bond acceptors (Lipinski definition) is 2. The summed E-state index contributed by atoms with van der Waals surface area (Å²) in [5.41, 5.74) is 3.89. The second-order valence-electron chi connectivity index (χ2n) is 6.62. The van der Waals surface area contributed by atoms with Crippen LogP contribution in [0.25, 0.3) is 32.8 Å². The van der Waals surface area contributed by atoms with Gasteiger partial charge in [0.05, 0.1) is 11.2 Å². The first-order valence-corrected chi connectivity index (χ1v) is 9.11. The molecule has 0 unspecified atom stereocenters. The van der Waals surface area contributed by atoms with Gasteiger partial charge in [0.1, 0.15) is 0 Å². The van der Waals surface area contributed by atoms with Crippen LogP contribution in [-0.2, 0) is 0 Å². The van der Waals surface area contributed by atoms with Gasteiger partial charge in [0.2, 0.25) is 0 Å². The Labute approximate surface area is 162 Å². The Morgan fingerprint density at radius 2 is 1.54 bits per heavy atom. The molecule has 0 atom stereocenters. The number of aromatic nitrogens is 2. The summed E-state index contributed by atoms with van der Waals surface area (Å²) in [5.74, 6) is 0. The summed E-state index contributed by atoms with van der Waals surface area (Å²) in [5, 5.41) is 6.20. The molecule has 5 rings (SSSR count). The molecular weight excluding hydrogens is 346 g/mol. The van der Waals surface area contributed by atoms with E-state index in [1.54, 1.807) is 23.2 Å². The van der Waals surface area contributed by atoms with Gasteiger partial charge in [0.25, 0.3) is 0 Å². The number of hydrogen-bond donors (Lipinski definition) is 1. The number of carbonyl (C=O) groups is 1. The van der Waals surface area contributed by atoms with Crippen molar-refractivity contribution in [2.45, 2.75) is 0 Å². The van der Waals surface area contributed by atoms with E-state index in [2.05, 4.69) is 16.4 Å². The zero-order chi connectivity index (χ0) is 18.9. The first kappa shape index (κ1) is 16.3. The predicted octanol–water partition coefficient (Wildman–Crippen LogP) is 5.94. The van der Waals surface area contributed by atoms with Crippen molar-refractivity contribution >= 4 is 33.4 Å². The van der Waals surface area contributed by atoms with Crippen LogP contribution in [0.15, 0.2) is 97.5 Å². The number of nitrogens with zero attached hydrogens (tertiary/aromatic N) is 2. The Morgan fingerprint density at radius 1 is 0.786 bits per heavy atom. The molecule has 3 aromatic carbocycles. The molecule has 0 aliphatic rings. The Morgan fingerprint density at radius 3 is 2.39 bits per heavy atom. The number of amides is 1. The van der Waals surface area contributed by atoms with Crippen LogP contribution in [-0.4, -0.2) is 15.6 Å². The van der Waals surface area contributed by atoms with E-state index < -0.39 is 0 Å². The van der Waals surface area contributed by atoms with Crippen LogP contribution in [0.4, 0.5) is 10.5 Å². The molecular formula is C24H17N3O. The lowest BCUT2D eigenvalue weighted by atomic mass is 9.98. The molecule has 4 nitrogen and oxygen atoms in total. The largest absolute Gasteiger partial charge is 0.330 e. The molecule has 4 heteroatoms. The van der Waals surface area contributed by atoms with E-state index in [1.165, 1.54) is 0 Å². The highest BCUT2D eigenvalue weighted by atomic mass is 16.2. The molecule has 0 fully saturated rings. The van der Waals surface area contributed by atoms with Crippen LogP contribution >= 0.6 is 0 Å². The molecule has 0 aliphatic carbocycles. The molecule has 28 heavy (non-hydrogen) atoms. The van der Waals surface area contributed by atoms with Crippen molar-refractivity contribution in [2.24, 2.45) is 0 Å². The standard InChI is InChI=1S/C24H17N3O/c28-24(27-16-13-18-5-1-4-8-23(18)27)26-22-10-9-19(17-11-14-25-15-12-17)20-6-2-3-7-21(20)22/h1-16H,(H,26,28). The third-order valence-corrected chi connectivity index (χ3v) is 4.98. The van der Waals surface area contributed by atoms with Crippen LogP contribution in [0.5, 0.6) is 0 Å². The van der Waals surface area contributed by atoms with Gasteiger partial charge in [-0.3, -0.25) is 9.55 Å². The highest BCUT2D eigenvalue weighted by Gasteiger charge is 2.12. The third-order valence-electron chi connectivity index (χ3n) is 4.98. The summed E-state index contributed by atoms with van der Waals surface area (Å²) in [7, 11) is 0. The Hall–Kier alpha value is -3.92. The van der Waals surface area contributed by atoms with E-state index in [1.807, 2.05) is 72.8 Å². The van der Waals surface area contributed by atoms with Crippen molar-refractivity contribution < 1.29 is 4.79 Å².